The number of hydrogen-bond donors (Lipinski definition) is 1. The van der Waals surface area contributed by atoms with Crippen molar-refractivity contribution in [1.82, 2.24) is 5.32 Å². The van der Waals surface area contributed by atoms with Crippen LogP contribution in [-0.4, -0.2) is 19.3 Å². The van der Waals surface area contributed by atoms with E-state index in [2.05, 4.69) is 17.4 Å². The minimum Gasteiger partial charge on any atom is -0.497 e. The van der Waals surface area contributed by atoms with Gasteiger partial charge in [-0.3, -0.25) is 4.79 Å². The van der Waals surface area contributed by atoms with Gasteiger partial charge in [0.2, 0.25) is 0 Å². The molecule has 104 valence electrons. The number of carbonyl (C=O) groups is 1. The van der Waals surface area contributed by atoms with Crippen LogP contribution in [0.1, 0.15) is 15.9 Å². The highest BCUT2D eigenvalue weighted by Gasteiger charge is 2.05. The van der Waals surface area contributed by atoms with E-state index in [1.54, 1.807) is 43.1 Å². The predicted molar refractivity (Wildman–Crippen MR) is 82.4 cm³/mol. The molecule has 0 atom stereocenters. The number of nitrogens with one attached hydrogen (secondary N) is 1. The van der Waals surface area contributed by atoms with E-state index in [1.807, 2.05) is 18.4 Å². The molecule has 2 aromatic carbocycles. The van der Waals surface area contributed by atoms with Gasteiger partial charge < -0.3 is 10.1 Å². The molecule has 0 heterocycles. The number of thioether (sulfide) groups is 1. The highest BCUT2D eigenvalue weighted by Crippen LogP contribution is 2.15. The molecule has 20 heavy (non-hydrogen) atoms. The third-order valence-corrected chi connectivity index (χ3v) is 3.71. The maximum atomic E-state index is 12.0. The van der Waals surface area contributed by atoms with E-state index < -0.39 is 0 Å². The number of hydrogen-bond acceptors (Lipinski definition) is 3. The molecule has 0 saturated heterocycles. The van der Waals surface area contributed by atoms with Crippen LogP contribution in [0.15, 0.2) is 53.4 Å². The lowest BCUT2D eigenvalue weighted by Crippen LogP contribution is -2.22. The van der Waals surface area contributed by atoms with Crippen LogP contribution in [0.4, 0.5) is 0 Å². The zero-order valence-electron chi connectivity index (χ0n) is 11.6. The molecule has 2 rings (SSSR count). The predicted octanol–water partition coefficient (Wildman–Crippen LogP) is 3.35. The first kappa shape index (κ1) is 14.5. The van der Waals surface area contributed by atoms with Gasteiger partial charge >= 0.3 is 0 Å². The van der Waals surface area contributed by atoms with Crippen LogP contribution in [0.25, 0.3) is 0 Å². The smallest absolute Gasteiger partial charge is 0.251 e. The van der Waals surface area contributed by atoms with Crippen molar-refractivity contribution >= 4 is 17.7 Å². The number of rotatable bonds is 5. The Kier molecular flexibility index (Phi) is 5.07. The van der Waals surface area contributed by atoms with Gasteiger partial charge in [0.15, 0.2) is 0 Å². The standard InChI is InChI=1S/C16H17NO2S/c1-19-14-7-5-13(6-8-14)16(18)17-11-12-3-9-15(20-2)10-4-12/h3-10H,11H2,1-2H3,(H,17,18). The molecular formula is C16H17NO2S. The lowest BCUT2D eigenvalue weighted by molar-refractivity contribution is 0.0951. The largest absolute Gasteiger partial charge is 0.497 e. The maximum absolute atomic E-state index is 12.0. The van der Waals surface area contributed by atoms with Crippen LogP contribution in [-0.2, 0) is 6.54 Å². The minimum atomic E-state index is -0.0819. The van der Waals surface area contributed by atoms with Crippen LogP contribution in [0, 0.1) is 0 Å². The van der Waals surface area contributed by atoms with Crippen molar-refractivity contribution in [3.63, 3.8) is 0 Å². The zero-order valence-corrected chi connectivity index (χ0v) is 12.4. The molecule has 0 aliphatic rings. The molecule has 0 saturated carbocycles. The third kappa shape index (κ3) is 3.78. The molecule has 0 unspecified atom stereocenters. The van der Waals surface area contributed by atoms with Gasteiger partial charge in [0.05, 0.1) is 7.11 Å². The molecule has 0 aliphatic heterocycles. The molecule has 1 N–H and O–H groups in total. The summed E-state index contributed by atoms with van der Waals surface area (Å²) in [6.45, 7) is 0.527. The fourth-order valence-electron chi connectivity index (χ4n) is 1.77. The van der Waals surface area contributed by atoms with Crippen molar-refractivity contribution in [2.45, 2.75) is 11.4 Å². The molecule has 0 radical (unpaired) electrons. The number of methoxy groups -OCH3 is 1. The summed E-state index contributed by atoms with van der Waals surface area (Å²) in [5, 5.41) is 2.90. The fourth-order valence-corrected chi connectivity index (χ4v) is 2.18. The summed E-state index contributed by atoms with van der Waals surface area (Å²) in [6.07, 6.45) is 2.04. The van der Waals surface area contributed by atoms with Crippen LogP contribution in [0.3, 0.4) is 0 Å². The van der Waals surface area contributed by atoms with Gasteiger partial charge in [0, 0.05) is 17.0 Å². The van der Waals surface area contributed by atoms with E-state index in [4.69, 9.17) is 4.74 Å². The van der Waals surface area contributed by atoms with E-state index in [1.165, 1.54) is 4.90 Å². The van der Waals surface area contributed by atoms with E-state index in [-0.39, 0.29) is 5.91 Å². The lowest BCUT2D eigenvalue weighted by atomic mass is 10.2. The van der Waals surface area contributed by atoms with Gasteiger partial charge in [-0.15, -0.1) is 11.8 Å². The fraction of sp³-hybridized carbons (Fsp3) is 0.188. The van der Waals surface area contributed by atoms with Crippen molar-refractivity contribution in [1.29, 1.82) is 0 Å². The van der Waals surface area contributed by atoms with E-state index in [0.717, 1.165) is 11.3 Å². The molecular weight excluding hydrogens is 270 g/mol. The van der Waals surface area contributed by atoms with E-state index >= 15 is 0 Å². The lowest BCUT2D eigenvalue weighted by Gasteiger charge is -2.07. The summed E-state index contributed by atoms with van der Waals surface area (Å²) in [5.74, 6) is 0.663. The molecule has 0 aliphatic carbocycles. The number of amides is 1. The molecule has 0 aromatic heterocycles. The molecule has 0 bridgehead atoms. The zero-order chi connectivity index (χ0) is 14.4. The third-order valence-electron chi connectivity index (χ3n) is 2.96. The van der Waals surface area contributed by atoms with Crippen LogP contribution < -0.4 is 10.1 Å². The second kappa shape index (κ2) is 7.01. The Morgan fingerprint density at radius 1 is 1.10 bits per heavy atom. The van der Waals surface area contributed by atoms with Gasteiger partial charge in [-0.25, -0.2) is 0 Å². The molecule has 0 fully saturated rings. The second-order valence-corrected chi connectivity index (χ2v) is 5.14. The Morgan fingerprint density at radius 2 is 1.75 bits per heavy atom. The van der Waals surface area contributed by atoms with Crippen LogP contribution >= 0.6 is 11.8 Å². The Bertz CT molecular complexity index is 564. The quantitative estimate of drug-likeness (QED) is 0.857. The van der Waals surface area contributed by atoms with Crippen molar-refractivity contribution in [2.75, 3.05) is 13.4 Å². The maximum Gasteiger partial charge on any atom is 0.251 e. The topological polar surface area (TPSA) is 38.3 Å². The van der Waals surface area contributed by atoms with Crippen molar-refractivity contribution in [3.8, 4) is 5.75 Å². The Balaban J connectivity index is 1.93. The molecule has 2 aromatic rings. The average Bonchev–Trinajstić information content (AvgIpc) is 2.53. The first-order valence-electron chi connectivity index (χ1n) is 6.28. The summed E-state index contributed by atoms with van der Waals surface area (Å²) in [4.78, 5) is 13.2. The second-order valence-electron chi connectivity index (χ2n) is 4.26. The number of ether oxygens (including phenoxy) is 1. The summed E-state index contributed by atoms with van der Waals surface area (Å²) in [7, 11) is 1.60. The van der Waals surface area contributed by atoms with Crippen molar-refractivity contribution in [2.24, 2.45) is 0 Å². The Hall–Kier alpha value is -1.94. The van der Waals surface area contributed by atoms with Gasteiger partial charge in [-0.1, -0.05) is 12.1 Å². The monoisotopic (exact) mass is 287 g/mol. The summed E-state index contributed by atoms with van der Waals surface area (Å²) < 4.78 is 5.07. The average molecular weight is 287 g/mol. The summed E-state index contributed by atoms with van der Waals surface area (Å²) >= 11 is 1.70. The Morgan fingerprint density at radius 3 is 2.30 bits per heavy atom. The first-order valence-corrected chi connectivity index (χ1v) is 7.50. The van der Waals surface area contributed by atoms with Gasteiger partial charge in [0.1, 0.15) is 5.75 Å². The minimum absolute atomic E-state index is 0.0819. The molecule has 0 spiro atoms. The SMILES string of the molecule is COc1ccc(C(=O)NCc2ccc(SC)cc2)cc1. The van der Waals surface area contributed by atoms with Crippen LogP contribution in [0.2, 0.25) is 0 Å². The number of benzene rings is 2. The van der Waals surface area contributed by atoms with Crippen molar-refractivity contribution in [3.05, 3.63) is 59.7 Å². The van der Waals surface area contributed by atoms with Gasteiger partial charge in [-0.2, -0.15) is 0 Å². The Labute approximate surface area is 123 Å². The van der Waals surface area contributed by atoms with Crippen LogP contribution in [0.5, 0.6) is 5.75 Å². The molecule has 4 heteroatoms. The molecule has 3 nitrogen and oxygen atoms in total. The van der Waals surface area contributed by atoms with Gasteiger partial charge in [-0.05, 0) is 48.2 Å². The van der Waals surface area contributed by atoms with Crippen molar-refractivity contribution < 1.29 is 9.53 Å². The molecule has 1 amide bonds. The summed E-state index contributed by atoms with van der Waals surface area (Å²) in [6, 6.07) is 15.2. The summed E-state index contributed by atoms with van der Waals surface area (Å²) in [5.41, 5.74) is 1.72. The first-order chi connectivity index (χ1) is 9.72. The van der Waals surface area contributed by atoms with Gasteiger partial charge in [0.25, 0.3) is 5.91 Å². The highest BCUT2D eigenvalue weighted by atomic mass is 32.2. The highest BCUT2D eigenvalue weighted by molar-refractivity contribution is 7.98. The van der Waals surface area contributed by atoms with E-state index in [9.17, 15) is 4.79 Å². The number of carbonyl (C=O) groups excluding carboxylic acids is 1. The normalized spacial score (nSPS) is 10.1. The van der Waals surface area contributed by atoms with E-state index in [0.29, 0.717) is 12.1 Å².